The van der Waals surface area contributed by atoms with Crippen molar-refractivity contribution in [2.24, 2.45) is 0 Å². The smallest absolute Gasteiger partial charge is 0.173 e. The summed E-state index contributed by atoms with van der Waals surface area (Å²) in [5.41, 5.74) is 0. The second-order valence-electron chi connectivity index (χ2n) is 2.34. The van der Waals surface area contributed by atoms with Gasteiger partial charge in [0.25, 0.3) is 0 Å². The average molecular weight is 182 g/mol. The third-order valence-electron chi connectivity index (χ3n) is 1.38. The van der Waals surface area contributed by atoms with Gasteiger partial charge in [-0.1, -0.05) is 25.1 Å². The lowest BCUT2D eigenvalue weighted by Gasteiger charge is -2.08. The van der Waals surface area contributed by atoms with Gasteiger partial charge in [0, 0.05) is 6.54 Å². The fourth-order valence-electron chi connectivity index (χ4n) is 0.786. The molecular weight excluding hydrogens is 170 g/mol. The highest BCUT2D eigenvalue weighted by molar-refractivity contribution is 7.89. The van der Waals surface area contributed by atoms with Crippen molar-refractivity contribution in [3.05, 3.63) is 36.8 Å². The summed E-state index contributed by atoms with van der Waals surface area (Å²) < 4.78 is 14.2. The van der Waals surface area contributed by atoms with Crippen LogP contribution in [-0.4, -0.2) is 11.1 Å². The molecule has 0 amide bonds. The molecule has 0 heterocycles. The summed E-state index contributed by atoms with van der Waals surface area (Å²) in [6.45, 7) is 2.59. The molecule has 0 aliphatic rings. The normalized spacial score (nSPS) is 12.8. The average Bonchev–Trinajstić information content (AvgIpc) is 2.15. The van der Waals surface area contributed by atoms with E-state index in [-0.39, 0.29) is 0 Å². The second-order valence-corrected chi connectivity index (χ2v) is 3.64. The molecule has 1 aromatic rings. The molecule has 0 spiro atoms. The lowest BCUT2D eigenvalue weighted by molar-refractivity contribution is 0.583. The predicted molar refractivity (Wildman–Crippen MR) is 50.8 cm³/mol. The molecule has 0 aliphatic carbocycles. The van der Waals surface area contributed by atoms with Crippen molar-refractivity contribution in [2.75, 3.05) is 6.54 Å². The Bertz CT molecular complexity index is 215. The summed E-state index contributed by atoms with van der Waals surface area (Å²) in [7, 11) is 0. The van der Waals surface area contributed by atoms with Crippen LogP contribution in [0.4, 0.5) is 0 Å². The van der Waals surface area contributed by atoms with Crippen molar-refractivity contribution < 1.29 is 4.55 Å². The van der Waals surface area contributed by atoms with Crippen LogP contribution in [0.2, 0.25) is 0 Å². The van der Waals surface area contributed by atoms with Gasteiger partial charge in [-0.25, -0.2) is 0 Å². The van der Waals surface area contributed by atoms with E-state index in [1.165, 1.54) is 0 Å². The number of nitrogens with one attached hydrogen (secondary N) is 1. The van der Waals surface area contributed by atoms with Gasteiger partial charge in [-0.3, -0.25) is 0 Å². The van der Waals surface area contributed by atoms with Crippen molar-refractivity contribution in [1.29, 1.82) is 0 Å². The maximum absolute atomic E-state index is 11.4. The van der Waals surface area contributed by atoms with Crippen LogP contribution < -0.4 is 4.72 Å². The van der Waals surface area contributed by atoms with E-state index in [1.54, 1.807) is 0 Å². The Hall–Kier alpha value is -0.510. The molecule has 0 fully saturated rings. The summed E-state index contributed by atoms with van der Waals surface area (Å²) in [6, 6.07) is 9.36. The van der Waals surface area contributed by atoms with Crippen LogP contribution in [0.15, 0.2) is 35.2 Å². The lowest BCUT2D eigenvalue weighted by Crippen LogP contribution is -2.24. The monoisotopic (exact) mass is 182 g/mol. The Morgan fingerprint density at radius 2 is 2.08 bits per heavy atom. The Balaban J connectivity index is 2.48. The highest BCUT2D eigenvalue weighted by Crippen LogP contribution is 2.06. The quantitative estimate of drug-likeness (QED) is 0.716. The van der Waals surface area contributed by atoms with Gasteiger partial charge in [0.2, 0.25) is 0 Å². The molecule has 0 bridgehead atoms. The molecular formula is C9H12NOS. The number of rotatable bonds is 4. The molecule has 2 nitrogen and oxygen atoms in total. The van der Waals surface area contributed by atoms with Gasteiger partial charge in [-0.05, 0) is 18.6 Å². The van der Waals surface area contributed by atoms with Crippen molar-refractivity contribution in [1.82, 2.24) is 4.72 Å². The Morgan fingerprint density at radius 1 is 1.42 bits per heavy atom. The molecule has 1 radical (unpaired) electrons. The fraction of sp³-hybridized carbons (Fsp3) is 0.222. The van der Waals surface area contributed by atoms with Gasteiger partial charge in [-0.15, -0.1) is 4.72 Å². The molecule has 1 aromatic carbocycles. The zero-order valence-electron chi connectivity index (χ0n) is 6.99. The molecule has 0 aliphatic heterocycles. The molecule has 0 saturated heterocycles. The van der Waals surface area contributed by atoms with Gasteiger partial charge in [0.05, 0.1) is 11.4 Å². The molecule has 1 unspecified atom stereocenters. The van der Waals surface area contributed by atoms with Crippen molar-refractivity contribution in [3.63, 3.8) is 0 Å². The third-order valence-corrected chi connectivity index (χ3v) is 2.51. The minimum atomic E-state index is -1.06. The number of hydrogen-bond donors (Lipinski definition) is 1. The van der Waals surface area contributed by atoms with Crippen molar-refractivity contribution in [3.8, 4) is 0 Å². The van der Waals surface area contributed by atoms with Crippen LogP contribution >= 0.6 is 0 Å². The Kier molecular flexibility index (Phi) is 4.14. The summed E-state index contributed by atoms with van der Waals surface area (Å²) >= 11 is -1.06. The van der Waals surface area contributed by atoms with Gasteiger partial charge >= 0.3 is 0 Å². The largest absolute Gasteiger partial charge is 0.593 e. The van der Waals surface area contributed by atoms with E-state index in [2.05, 4.69) is 4.72 Å². The van der Waals surface area contributed by atoms with Gasteiger partial charge in [0.1, 0.15) is 0 Å². The lowest BCUT2D eigenvalue weighted by atomic mass is 10.4. The van der Waals surface area contributed by atoms with Crippen LogP contribution in [0.3, 0.4) is 0 Å². The molecule has 0 saturated carbocycles. The van der Waals surface area contributed by atoms with E-state index >= 15 is 0 Å². The molecule has 3 heteroatoms. The third kappa shape index (κ3) is 2.85. The number of hydrogen-bond acceptors (Lipinski definition) is 2. The van der Waals surface area contributed by atoms with Gasteiger partial charge in [0.15, 0.2) is 4.90 Å². The van der Waals surface area contributed by atoms with E-state index in [9.17, 15) is 4.55 Å². The summed E-state index contributed by atoms with van der Waals surface area (Å²) in [5.74, 6) is 0. The first-order valence-corrected chi connectivity index (χ1v) is 4.97. The Morgan fingerprint density at radius 3 is 2.67 bits per heavy atom. The van der Waals surface area contributed by atoms with E-state index < -0.39 is 11.4 Å². The Labute approximate surface area is 76.3 Å². The van der Waals surface area contributed by atoms with E-state index in [0.29, 0.717) is 6.54 Å². The SMILES string of the molecule is C[CH]CN[S+]([O-])c1ccccc1. The van der Waals surface area contributed by atoms with Crippen LogP contribution in [0.1, 0.15) is 6.92 Å². The topological polar surface area (TPSA) is 35.1 Å². The summed E-state index contributed by atoms with van der Waals surface area (Å²) in [5, 5.41) is 0. The first-order chi connectivity index (χ1) is 5.84. The van der Waals surface area contributed by atoms with Crippen molar-refractivity contribution in [2.45, 2.75) is 11.8 Å². The minimum Gasteiger partial charge on any atom is -0.593 e. The highest BCUT2D eigenvalue weighted by atomic mass is 32.2. The molecule has 1 N–H and O–H groups in total. The van der Waals surface area contributed by atoms with Crippen LogP contribution in [0.5, 0.6) is 0 Å². The predicted octanol–water partition coefficient (Wildman–Crippen LogP) is 1.52. The molecule has 1 atom stereocenters. The summed E-state index contributed by atoms with van der Waals surface area (Å²) in [6.07, 6.45) is 1.93. The van der Waals surface area contributed by atoms with Gasteiger partial charge < -0.3 is 4.55 Å². The molecule has 1 rings (SSSR count). The minimum absolute atomic E-state index is 0.668. The van der Waals surface area contributed by atoms with Crippen LogP contribution in [0, 0.1) is 6.42 Å². The zero-order chi connectivity index (χ0) is 8.81. The van der Waals surface area contributed by atoms with Gasteiger partial charge in [-0.2, -0.15) is 0 Å². The zero-order valence-corrected chi connectivity index (χ0v) is 7.80. The molecule has 0 aromatic heterocycles. The highest BCUT2D eigenvalue weighted by Gasteiger charge is 2.07. The van der Waals surface area contributed by atoms with E-state index in [4.69, 9.17) is 0 Å². The molecule has 12 heavy (non-hydrogen) atoms. The second kappa shape index (κ2) is 5.19. The first-order valence-electron chi connectivity index (χ1n) is 3.82. The van der Waals surface area contributed by atoms with Crippen LogP contribution in [0.25, 0.3) is 0 Å². The summed E-state index contributed by atoms with van der Waals surface area (Å²) in [4.78, 5) is 0.819. The molecule has 65 valence electrons. The number of benzene rings is 1. The van der Waals surface area contributed by atoms with E-state index in [0.717, 1.165) is 4.90 Å². The van der Waals surface area contributed by atoms with E-state index in [1.807, 2.05) is 43.7 Å². The fourth-order valence-corrected chi connectivity index (χ4v) is 1.68. The maximum atomic E-state index is 11.4. The standard InChI is InChI=1S/C9H12NOS/c1-2-8-10-12(11)9-6-4-3-5-7-9/h2-7,10H,8H2,1H3. The van der Waals surface area contributed by atoms with Crippen molar-refractivity contribution >= 4 is 11.4 Å². The maximum Gasteiger partial charge on any atom is 0.173 e. The first kappa shape index (κ1) is 9.58. The van der Waals surface area contributed by atoms with Crippen LogP contribution in [-0.2, 0) is 11.4 Å².